The summed E-state index contributed by atoms with van der Waals surface area (Å²) in [7, 11) is 0.603. The molecule has 1 heterocycles. The maximum Gasteiger partial charge on any atom is 0.337 e. The van der Waals surface area contributed by atoms with Crippen molar-refractivity contribution < 1.29 is 14.1 Å². The number of anilines is 1. The molecule has 0 saturated carbocycles. The molecule has 0 fully saturated rings. The number of fused-ring (bicyclic) bond motifs is 1. The molecule has 0 aliphatic heterocycles. The largest absolute Gasteiger partial charge is 0.478 e. The Kier molecular flexibility index (Phi) is 7.36. The van der Waals surface area contributed by atoms with E-state index in [-0.39, 0.29) is 5.56 Å². The number of carbonyl (C=O) groups is 1. The van der Waals surface area contributed by atoms with E-state index in [9.17, 15) is 9.00 Å². The summed E-state index contributed by atoms with van der Waals surface area (Å²) in [6.07, 6.45) is 7.77. The monoisotopic (exact) mass is 422 g/mol. The molecule has 1 unspecified atom stereocenters. The van der Waals surface area contributed by atoms with Crippen LogP contribution in [0.5, 0.6) is 0 Å². The van der Waals surface area contributed by atoms with Crippen molar-refractivity contribution in [2.24, 2.45) is 0 Å². The molecule has 0 amide bonds. The molecule has 0 saturated heterocycles. The highest BCUT2D eigenvalue weighted by Gasteiger charge is 2.13. The molecule has 2 aromatic carbocycles. The van der Waals surface area contributed by atoms with Gasteiger partial charge in [-0.15, -0.1) is 0 Å². The van der Waals surface area contributed by atoms with Crippen molar-refractivity contribution in [1.82, 2.24) is 4.98 Å². The Morgan fingerprint density at radius 2 is 1.67 bits per heavy atom. The molecule has 1 aliphatic carbocycles. The number of benzene rings is 2. The first-order chi connectivity index (χ1) is 14.5. The van der Waals surface area contributed by atoms with E-state index in [0.29, 0.717) is 5.69 Å². The molecule has 156 valence electrons. The summed E-state index contributed by atoms with van der Waals surface area (Å²) in [5.74, 6) is -0.947. The minimum Gasteiger partial charge on any atom is -0.478 e. The van der Waals surface area contributed by atoms with Crippen LogP contribution in [0.3, 0.4) is 0 Å². The van der Waals surface area contributed by atoms with Gasteiger partial charge in [0.05, 0.1) is 28.2 Å². The number of pyridine rings is 1. The molecule has 3 aromatic rings. The highest BCUT2D eigenvalue weighted by Crippen LogP contribution is 2.25. The van der Waals surface area contributed by atoms with E-state index in [1.165, 1.54) is 54.4 Å². The third kappa shape index (κ3) is 5.33. The molecule has 1 aromatic heterocycles. The van der Waals surface area contributed by atoms with Crippen LogP contribution in [0.2, 0.25) is 0 Å². The highest BCUT2D eigenvalue weighted by molar-refractivity contribution is 7.85. The minimum atomic E-state index is -1.05. The molecular weight excluding hydrogens is 396 g/mol. The van der Waals surface area contributed by atoms with E-state index in [1.807, 2.05) is 37.3 Å². The SMILES string of the molecule is CNc1cnccc1C(=O)O.Cc1ccc(S(=O)c2ccc3c(c2)CCCC3)cc1. The van der Waals surface area contributed by atoms with Gasteiger partial charge in [-0.3, -0.25) is 4.98 Å². The van der Waals surface area contributed by atoms with Gasteiger partial charge >= 0.3 is 5.97 Å². The summed E-state index contributed by atoms with van der Waals surface area (Å²) >= 11 is 0. The minimum absolute atomic E-state index is 0.238. The summed E-state index contributed by atoms with van der Waals surface area (Å²) in [6, 6.07) is 15.8. The molecule has 6 heteroatoms. The van der Waals surface area contributed by atoms with Crippen molar-refractivity contribution >= 4 is 22.5 Å². The predicted molar refractivity (Wildman–Crippen MR) is 120 cm³/mol. The van der Waals surface area contributed by atoms with Crippen molar-refractivity contribution in [1.29, 1.82) is 0 Å². The number of nitrogens with zero attached hydrogens (tertiary/aromatic N) is 1. The smallest absolute Gasteiger partial charge is 0.337 e. The fourth-order valence-corrected chi connectivity index (χ4v) is 4.50. The lowest BCUT2D eigenvalue weighted by Crippen LogP contribution is -2.04. The zero-order valence-corrected chi connectivity index (χ0v) is 18.0. The molecule has 0 bridgehead atoms. The van der Waals surface area contributed by atoms with Crippen LogP contribution in [0.25, 0.3) is 0 Å². The Morgan fingerprint density at radius 1 is 1.00 bits per heavy atom. The first-order valence-electron chi connectivity index (χ1n) is 9.95. The molecule has 2 N–H and O–H groups in total. The van der Waals surface area contributed by atoms with Gasteiger partial charge in [0.25, 0.3) is 0 Å². The number of aryl methyl sites for hydroxylation is 3. The van der Waals surface area contributed by atoms with E-state index in [2.05, 4.69) is 22.4 Å². The number of rotatable bonds is 4. The van der Waals surface area contributed by atoms with E-state index in [0.717, 1.165) is 16.2 Å². The maximum atomic E-state index is 12.6. The Bertz CT molecular complexity index is 1050. The van der Waals surface area contributed by atoms with Crippen LogP contribution in [0.4, 0.5) is 5.69 Å². The predicted octanol–water partition coefficient (Wildman–Crippen LogP) is 4.86. The van der Waals surface area contributed by atoms with Gasteiger partial charge in [0.2, 0.25) is 0 Å². The summed E-state index contributed by atoms with van der Waals surface area (Å²) in [6.45, 7) is 2.05. The third-order valence-corrected chi connectivity index (χ3v) is 6.47. The van der Waals surface area contributed by atoms with E-state index < -0.39 is 16.8 Å². The second-order valence-electron chi connectivity index (χ2n) is 7.20. The Morgan fingerprint density at radius 3 is 2.30 bits per heavy atom. The fourth-order valence-electron chi connectivity index (χ4n) is 3.40. The van der Waals surface area contributed by atoms with Crippen LogP contribution in [0, 0.1) is 6.92 Å². The Labute approximate surface area is 179 Å². The number of carboxylic acids is 1. The molecule has 4 rings (SSSR count). The zero-order chi connectivity index (χ0) is 21.5. The standard InChI is InChI=1S/C17H18OS.C7H8N2O2/c1-13-6-9-16(10-7-13)19(18)17-11-8-14-4-2-3-5-15(14)12-17;1-8-6-4-9-3-2-5(6)7(10)11/h6-12H,2-5H2,1H3;2-4,8H,1H3,(H,10,11). The second kappa shape index (κ2) is 10.2. The number of hydrogen-bond acceptors (Lipinski definition) is 4. The van der Waals surface area contributed by atoms with Gasteiger partial charge in [-0.05, 0) is 74.1 Å². The first-order valence-corrected chi connectivity index (χ1v) is 11.1. The molecule has 5 nitrogen and oxygen atoms in total. The first kappa shape index (κ1) is 21.7. The number of aromatic carboxylic acids is 1. The number of carboxylic acid groups (broad SMARTS) is 1. The Balaban J connectivity index is 0.000000199. The lowest BCUT2D eigenvalue weighted by Gasteiger charge is -2.16. The lowest BCUT2D eigenvalue weighted by atomic mass is 9.92. The Hall–Kier alpha value is -2.99. The summed E-state index contributed by atoms with van der Waals surface area (Å²) in [5, 5.41) is 11.4. The van der Waals surface area contributed by atoms with E-state index in [1.54, 1.807) is 7.05 Å². The van der Waals surface area contributed by atoms with Crippen molar-refractivity contribution in [3.05, 3.63) is 83.2 Å². The molecule has 1 aliphatic rings. The van der Waals surface area contributed by atoms with Gasteiger partial charge in [-0.25, -0.2) is 9.00 Å². The van der Waals surface area contributed by atoms with Crippen molar-refractivity contribution in [3.8, 4) is 0 Å². The molecule has 0 spiro atoms. The molecule has 30 heavy (non-hydrogen) atoms. The third-order valence-electron chi connectivity index (χ3n) is 5.09. The number of nitrogens with one attached hydrogen (secondary N) is 1. The van der Waals surface area contributed by atoms with Crippen molar-refractivity contribution in [2.75, 3.05) is 12.4 Å². The van der Waals surface area contributed by atoms with Crippen LogP contribution in [-0.4, -0.2) is 27.3 Å². The van der Waals surface area contributed by atoms with Gasteiger partial charge < -0.3 is 10.4 Å². The lowest BCUT2D eigenvalue weighted by molar-refractivity contribution is 0.0698. The maximum absolute atomic E-state index is 12.6. The van der Waals surface area contributed by atoms with Gasteiger partial charge in [-0.1, -0.05) is 23.8 Å². The van der Waals surface area contributed by atoms with Gasteiger partial charge in [0.1, 0.15) is 0 Å². The number of aromatic nitrogens is 1. The van der Waals surface area contributed by atoms with Gasteiger partial charge in [-0.2, -0.15) is 0 Å². The average Bonchev–Trinajstić information content (AvgIpc) is 2.79. The van der Waals surface area contributed by atoms with Crippen LogP contribution in [0.1, 0.15) is 39.9 Å². The quantitative estimate of drug-likeness (QED) is 0.628. The zero-order valence-electron chi connectivity index (χ0n) is 17.2. The van der Waals surface area contributed by atoms with Crippen molar-refractivity contribution in [2.45, 2.75) is 42.4 Å². The normalized spacial score (nSPS) is 13.4. The summed E-state index contributed by atoms with van der Waals surface area (Å²) in [4.78, 5) is 16.1. The summed E-state index contributed by atoms with van der Waals surface area (Å²) in [5.41, 5.74) is 4.80. The fraction of sp³-hybridized carbons (Fsp3) is 0.250. The average molecular weight is 423 g/mol. The van der Waals surface area contributed by atoms with E-state index >= 15 is 0 Å². The van der Waals surface area contributed by atoms with Crippen molar-refractivity contribution in [3.63, 3.8) is 0 Å². The molecular formula is C24H26N2O3S. The topological polar surface area (TPSA) is 79.3 Å². The van der Waals surface area contributed by atoms with Gasteiger partial charge in [0, 0.05) is 23.0 Å². The van der Waals surface area contributed by atoms with Crippen LogP contribution >= 0.6 is 0 Å². The van der Waals surface area contributed by atoms with Crippen LogP contribution in [0.15, 0.2) is 70.7 Å². The van der Waals surface area contributed by atoms with Crippen LogP contribution < -0.4 is 5.32 Å². The van der Waals surface area contributed by atoms with Crippen LogP contribution in [-0.2, 0) is 23.6 Å². The highest BCUT2D eigenvalue weighted by atomic mass is 32.2. The van der Waals surface area contributed by atoms with Gasteiger partial charge in [0.15, 0.2) is 0 Å². The summed E-state index contributed by atoms with van der Waals surface area (Å²) < 4.78 is 12.6. The molecule has 0 radical (unpaired) electrons. The second-order valence-corrected chi connectivity index (χ2v) is 8.68. The van der Waals surface area contributed by atoms with E-state index in [4.69, 9.17) is 5.11 Å². The number of hydrogen-bond donors (Lipinski definition) is 2. The molecule has 1 atom stereocenters.